The van der Waals surface area contributed by atoms with Crippen molar-refractivity contribution in [3.05, 3.63) is 89.6 Å². The molecule has 1 saturated heterocycles. The third-order valence-corrected chi connectivity index (χ3v) is 7.42. The van der Waals surface area contributed by atoms with Crippen molar-refractivity contribution in [2.45, 2.75) is 38.7 Å². The van der Waals surface area contributed by atoms with E-state index in [1.165, 1.54) is 32.7 Å². The van der Waals surface area contributed by atoms with Gasteiger partial charge in [-0.3, -0.25) is 9.36 Å². The Bertz CT molecular complexity index is 1890. The molecular weight excluding hydrogens is 765 g/mol. The number of carbonyl (C=O) groups excluding carboxylic acids is 3. The molecule has 2 aromatic heterocycles. The van der Waals surface area contributed by atoms with Gasteiger partial charge >= 0.3 is 80.8 Å². The number of carbonyl (C=O) groups is 3. The summed E-state index contributed by atoms with van der Waals surface area (Å²) in [5.41, 5.74) is 2.18. The number of aromatic nitrogens is 4. The van der Waals surface area contributed by atoms with Crippen LogP contribution in [0.3, 0.4) is 0 Å². The topological polar surface area (TPSA) is 157 Å². The molecule has 3 heterocycles. The Morgan fingerprint density at radius 1 is 1.02 bits per heavy atom. The summed E-state index contributed by atoms with van der Waals surface area (Å²) in [7, 11) is 6.25. The number of esters is 2. The van der Waals surface area contributed by atoms with Gasteiger partial charge in [-0.15, -0.1) is 0 Å². The largest absolute Gasteiger partial charge is 1.00 e. The average Bonchev–Trinajstić information content (AvgIpc) is 3.71. The van der Waals surface area contributed by atoms with Crippen molar-refractivity contribution in [3.8, 4) is 5.75 Å². The third-order valence-electron chi connectivity index (χ3n) is 7.42. The van der Waals surface area contributed by atoms with E-state index in [1.54, 1.807) is 64.6 Å². The first-order chi connectivity index (χ1) is 23.6. The Labute approximate surface area is 348 Å². The SMILES string of the molecule is COC(=O)c1ccc(/C=C/C(=O)c2ccccc2C(=O)OC)cc1OC[C@@H]1CC(O[C-](C)C)[C@H](n2cnc3c(/N=C/N(C)C)ncnc32)O1.[Cs+]. The molecule has 0 N–H and O–H groups in total. The quantitative estimate of drug-likeness (QED) is 0.0484. The average molecular weight is 803 g/mol. The van der Waals surface area contributed by atoms with Crippen molar-refractivity contribution in [1.82, 2.24) is 24.4 Å². The molecule has 1 fully saturated rings. The standard InChI is InChI=1S/C35H37N6O8.Cs/c1-21(2)48-29-16-23(49-33(29)41-20-38-30-31(39-19-40(3)4)36-18-37-32(30)41)17-47-28-15-22(11-13-26(28)35(44)46-6)12-14-27(42)24-9-7-8-10-25(24)34(43)45-5;/h7-15,18-20,23,29,33H,16-17H2,1-6H3;/q-1;+1/b14-12+,39-19+;/t23-,29?,33+;/m0./s1. The van der Waals surface area contributed by atoms with E-state index in [-0.39, 0.29) is 97.9 Å². The minimum absolute atomic E-state index is 0. The number of rotatable bonds is 13. The summed E-state index contributed by atoms with van der Waals surface area (Å²) in [4.78, 5) is 57.2. The summed E-state index contributed by atoms with van der Waals surface area (Å²) < 4.78 is 30.4. The van der Waals surface area contributed by atoms with Crippen molar-refractivity contribution in [3.63, 3.8) is 0 Å². The van der Waals surface area contributed by atoms with E-state index in [0.29, 0.717) is 29.0 Å². The number of hydrogen-bond donors (Lipinski definition) is 0. The van der Waals surface area contributed by atoms with Gasteiger partial charge in [-0.05, 0) is 29.8 Å². The summed E-state index contributed by atoms with van der Waals surface area (Å²) in [6.45, 7) is 3.80. The molecule has 0 saturated carbocycles. The van der Waals surface area contributed by atoms with Crippen molar-refractivity contribution >= 4 is 47.1 Å². The maximum Gasteiger partial charge on any atom is 1.00 e. The molecule has 1 aliphatic rings. The van der Waals surface area contributed by atoms with Gasteiger partial charge in [-0.1, -0.05) is 30.3 Å². The van der Waals surface area contributed by atoms with E-state index in [9.17, 15) is 14.4 Å². The predicted molar refractivity (Wildman–Crippen MR) is 180 cm³/mol. The van der Waals surface area contributed by atoms with Gasteiger partial charge in [0.15, 0.2) is 29.0 Å². The van der Waals surface area contributed by atoms with Crippen LogP contribution in [-0.2, 0) is 18.9 Å². The molecule has 0 bridgehead atoms. The molecule has 0 aliphatic carbocycles. The van der Waals surface area contributed by atoms with E-state index in [0.717, 1.165) is 6.10 Å². The van der Waals surface area contributed by atoms with Crippen LogP contribution in [-0.4, -0.2) is 95.6 Å². The van der Waals surface area contributed by atoms with E-state index >= 15 is 0 Å². The van der Waals surface area contributed by atoms with Gasteiger partial charge in [-0.2, -0.15) is 13.8 Å². The Morgan fingerprint density at radius 3 is 2.44 bits per heavy atom. The van der Waals surface area contributed by atoms with Crippen molar-refractivity contribution in [2.24, 2.45) is 4.99 Å². The first-order valence-corrected chi connectivity index (χ1v) is 15.3. The van der Waals surface area contributed by atoms with Gasteiger partial charge in [0.25, 0.3) is 0 Å². The third kappa shape index (κ3) is 9.47. The van der Waals surface area contributed by atoms with Crippen LogP contribution >= 0.6 is 0 Å². The molecule has 0 amide bonds. The fraction of sp³-hybridized carbons (Fsp3) is 0.314. The molecule has 4 aromatic rings. The number of imidazole rings is 1. The van der Waals surface area contributed by atoms with Crippen LogP contribution in [0.5, 0.6) is 5.75 Å². The van der Waals surface area contributed by atoms with Crippen molar-refractivity contribution < 1.29 is 107 Å². The summed E-state index contributed by atoms with van der Waals surface area (Å²) in [6, 6.07) is 11.2. The Balaban J connectivity index is 0.00000562. The zero-order valence-electron chi connectivity index (χ0n) is 29.0. The minimum atomic E-state index is -0.611. The second kappa shape index (κ2) is 18.2. The van der Waals surface area contributed by atoms with Gasteiger partial charge < -0.3 is 28.6 Å². The maximum atomic E-state index is 13.0. The second-order valence-electron chi connectivity index (χ2n) is 11.5. The Hall–Kier alpha value is -3.42. The van der Waals surface area contributed by atoms with Gasteiger partial charge in [-0.25, -0.2) is 35.6 Å². The molecule has 50 heavy (non-hydrogen) atoms. The van der Waals surface area contributed by atoms with Crippen LogP contribution in [0.1, 0.15) is 63.1 Å². The molecule has 3 atom stereocenters. The first kappa shape index (κ1) is 39.4. The van der Waals surface area contributed by atoms with E-state index in [2.05, 4.69) is 19.9 Å². The Morgan fingerprint density at radius 2 is 1.74 bits per heavy atom. The Kier molecular flexibility index (Phi) is 14.3. The molecule has 2 aromatic carbocycles. The normalized spacial score (nSPS) is 17.3. The maximum absolute atomic E-state index is 13.0. The minimum Gasteiger partial charge on any atom is -0.544 e. The van der Waals surface area contributed by atoms with Crippen LogP contribution in [0.4, 0.5) is 5.82 Å². The number of hydrogen-bond acceptors (Lipinski definition) is 12. The van der Waals surface area contributed by atoms with Gasteiger partial charge in [0, 0.05) is 26.1 Å². The summed E-state index contributed by atoms with van der Waals surface area (Å²) in [5.74, 6) is -0.935. The molecule has 256 valence electrons. The number of aliphatic imine (C=N–C) groups is 1. The molecule has 0 spiro atoms. The molecule has 1 unspecified atom stereocenters. The monoisotopic (exact) mass is 802 g/mol. The first-order valence-electron chi connectivity index (χ1n) is 15.3. The van der Waals surface area contributed by atoms with Gasteiger partial charge in [0.05, 0.1) is 44.7 Å². The van der Waals surface area contributed by atoms with E-state index in [1.807, 2.05) is 27.9 Å². The molecule has 0 radical (unpaired) electrons. The van der Waals surface area contributed by atoms with Gasteiger partial charge in [0.2, 0.25) is 0 Å². The van der Waals surface area contributed by atoms with E-state index in [4.69, 9.17) is 23.7 Å². The number of ketones is 1. The van der Waals surface area contributed by atoms with Crippen LogP contribution in [0.15, 0.2) is 66.2 Å². The number of methoxy groups -OCH3 is 2. The number of ether oxygens (including phenoxy) is 5. The van der Waals surface area contributed by atoms with Crippen LogP contribution in [0, 0.1) is 6.10 Å². The number of benzene rings is 2. The number of fused-ring (bicyclic) bond motifs is 1. The zero-order valence-corrected chi connectivity index (χ0v) is 35.3. The summed E-state index contributed by atoms with van der Waals surface area (Å²) in [6.07, 6.45) is 7.38. The number of allylic oxidation sites excluding steroid dienone is 1. The van der Waals surface area contributed by atoms with Crippen LogP contribution in [0.25, 0.3) is 17.2 Å². The predicted octanol–water partition coefficient (Wildman–Crippen LogP) is 1.84. The van der Waals surface area contributed by atoms with Crippen LogP contribution < -0.4 is 73.6 Å². The van der Waals surface area contributed by atoms with Crippen LogP contribution in [0.2, 0.25) is 0 Å². The second-order valence-corrected chi connectivity index (χ2v) is 11.5. The smallest absolute Gasteiger partial charge is 0.544 e. The fourth-order valence-electron chi connectivity index (χ4n) is 5.24. The van der Waals surface area contributed by atoms with Crippen molar-refractivity contribution in [1.29, 1.82) is 0 Å². The molecular formula is C35H37CsN6O8. The summed E-state index contributed by atoms with van der Waals surface area (Å²) >= 11 is 0. The molecule has 14 nitrogen and oxygen atoms in total. The molecule has 5 rings (SSSR count). The summed E-state index contributed by atoms with van der Waals surface area (Å²) in [5, 5.41) is 0. The molecule has 1 aliphatic heterocycles. The van der Waals surface area contributed by atoms with E-state index < -0.39 is 36.2 Å². The fourth-order valence-corrected chi connectivity index (χ4v) is 5.24. The van der Waals surface area contributed by atoms with Gasteiger partial charge in [0.1, 0.15) is 24.2 Å². The zero-order chi connectivity index (χ0) is 35.1. The van der Waals surface area contributed by atoms with Crippen molar-refractivity contribution in [2.75, 3.05) is 34.9 Å². The number of nitrogens with zero attached hydrogens (tertiary/aromatic N) is 6. The molecule has 15 heteroatoms.